The Morgan fingerprint density at radius 1 is 0.975 bits per heavy atom. The Balaban J connectivity index is 1.22. The monoisotopic (exact) mass is 559 g/mol. The molecule has 1 aliphatic heterocycles. The number of furan rings is 1. The van der Waals surface area contributed by atoms with E-state index in [9.17, 15) is 0 Å². The summed E-state index contributed by atoms with van der Waals surface area (Å²) in [6, 6.07) is 17.5. The number of methoxy groups -OCH3 is 2. The summed E-state index contributed by atoms with van der Waals surface area (Å²) in [4.78, 5) is 14.4. The van der Waals surface area contributed by atoms with E-state index in [1.165, 1.54) is 5.69 Å². The smallest absolute Gasteiger partial charge is 0.226 e. The van der Waals surface area contributed by atoms with Gasteiger partial charge in [-0.25, -0.2) is 9.97 Å². The highest BCUT2D eigenvalue weighted by atomic mass is 35.5. The zero-order chi connectivity index (χ0) is 27.5. The number of halogens is 1. The van der Waals surface area contributed by atoms with Crippen molar-refractivity contribution in [2.24, 2.45) is 0 Å². The van der Waals surface area contributed by atoms with Crippen LogP contribution in [0.4, 0.5) is 11.6 Å². The molecule has 0 atom stereocenters. The van der Waals surface area contributed by atoms with Crippen LogP contribution in [0, 0.1) is 0 Å². The first-order chi connectivity index (χ1) is 19.6. The molecule has 4 heterocycles. The first kappa shape index (κ1) is 26.0. The van der Waals surface area contributed by atoms with E-state index < -0.39 is 0 Å². The van der Waals surface area contributed by atoms with Gasteiger partial charge in [-0.1, -0.05) is 17.7 Å². The Morgan fingerprint density at radius 2 is 1.77 bits per heavy atom. The van der Waals surface area contributed by atoms with Crippen LogP contribution < -0.4 is 19.7 Å². The van der Waals surface area contributed by atoms with Crippen molar-refractivity contribution in [2.75, 3.05) is 50.6 Å². The molecular weight excluding hydrogens is 530 g/mol. The number of hydrogen-bond acceptors (Lipinski definition) is 9. The molecule has 0 radical (unpaired) electrons. The number of piperazine rings is 1. The summed E-state index contributed by atoms with van der Waals surface area (Å²) in [5.74, 6) is 3.07. The first-order valence-electron chi connectivity index (χ1n) is 13.1. The quantitative estimate of drug-likeness (QED) is 0.268. The van der Waals surface area contributed by atoms with Crippen LogP contribution in [-0.4, -0.2) is 64.9 Å². The highest BCUT2D eigenvalue weighted by molar-refractivity contribution is 6.30. The Kier molecular flexibility index (Phi) is 7.43. The van der Waals surface area contributed by atoms with Crippen molar-refractivity contribution in [3.63, 3.8) is 0 Å². The van der Waals surface area contributed by atoms with Gasteiger partial charge in [0.25, 0.3) is 0 Å². The van der Waals surface area contributed by atoms with Crippen molar-refractivity contribution in [1.29, 1.82) is 0 Å². The minimum Gasteiger partial charge on any atom is -0.493 e. The van der Waals surface area contributed by atoms with Gasteiger partial charge in [0.2, 0.25) is 11.8 Å². The van der Waals surface area contributed by atoms with E-state index in [0.717, 1.165) is 54.5 Å². The highest BCUT2D eigenvalue weighted by Crippen LogP contribution is 2.28. The molecule has 0 spiro atoms. The maximum Gasteiger partial charge on any atom is 0.226 e. The molecule has 0 amide bonds. The molecule has 0 unspecified atom stereocenters. The van der Waals surface area contributed by atoms with Gasteiger partial charge in [0, 0.05) is 61.7 Å². The second kappa shape index (κ2) is 11.4. The van der Waals surface area contributed by atoms with Gasteiger partial charge in [-0.2, -0.15) is 4.52 Å². The Labute approximate surface area is 237 Å². The molecule has 0 saturated carbocycles. The van der Waals surface area contributed by atoms with E-state index in [1.807, 2.05) is 48.7 Å². The summed E-state index contributed by atoms with van der Waals surface area (Å²) in [5.41, 5.74) is 3.96. The fraction of sp³-hybridized carbons (Fsp3) is 0.276. The number of rotatable bonds is 9. The molecule has 5 aromatic rings. The second-order valence-electron chi connectivity index (χ2n) is 9.54. The molecule has 40 heavy (non-hydrogen) atoms. The van der Waals surface area contributed by atoms with E-state index in [2.05, 4.69) is 27.2 Å². The lowest BCUT2D eigenvalue weighted by Gasteiger charge is -2.36. The normalized spacial score (nSPS) is 14.0. The van der Waals surface area contributed by atoms with Crippen molar-refractivity contribution in [2.45, 2.75) is 13.1 Å². The zero-order valence-corrected chi connectivity index (χ0v) is 23.1. The topological polar surface area (TPSA) is 93.2 Å². The van der Waals surface area contributed by atoms with E-state index in [1.54, 1.807) is 25.0 Å². The molecule has 6 rings (SSSR count). The molecule has 206 valence electrons. The third-order valence-corrected chi connectivity index (χ3v) is 7.29. The Hall–Kier alpha value is -4.28. The van der Waals surface area contributed by atoms with Crippen LogP contribution in [0.25, 0.3) is 17.2 Å². The zero-order valence-electron chi connectivity index (χ0n) is 22.4. The molecule has 10 nitrogen and oxygen atoms in total. The van der Waals surface area contributed by atoms with Crippen LogP contribution in [0.5, 0.6) is 11.5 Å². The second-order valence-corrected chi connectivity index (χ2v) is 9.97. The highest BCUT2D eigenvalue weighted by Gasteiger charge is 2.21. The first-order valence-corrected chi connectivity index (χ1v) is 13.5. The summed E-state index contributed by atoms with van der Waals surface area (Å²) in [7, 11) is 3.25. The molecule has 0 bridgehead atoms. The lowest BCUT2D eigenvalue weighted by molar-refractivity contribution is 0.250. The fourth-order valence-corrected chi connectivity index (χ4v) is 5.02. The van der Waals surface area contributed by atoms with E-state index >= 15 is 0 Å². The Bertz CT molecular complexity index is 1580. The van der Waals surface area contributed by atoms with Gasteiger partial charge in [0.15, 0.2) is 22.9 Å². The minimum atomic E-state index is 0.515. The van der Waals surface area contributed by atoms with E-state index in [4.69, 9.17) is 40.6 Å². The number of anilines is 2. The van der Waals surface area contributed by atoms with Gasteiger partial charge in [0.1, 0.15) is 0 Å². The number of nitrogens with zero attached hydrogens (tertiary/aromatic N) is 6. The van der Waals surface area contributed by atoms with Gasteiger partial charge in [0.05, 0.1) is 20.5 Å². The maximum absolute atomic E-state index is 6.07. The number of aromatic nitrogens is 4. The summed E-state index contributed by atoms with van der Waals surface area (Å²) in [6.07, 6.45) is 3.51. The summed E-state index contributed by atoms with van der Waals surface area (Å²) in [5, 5.41) is 8.90. The van der Waals surface area contributed by atoms with Crippen LogP contribution in [0.2, 0.25) is 5.02 Å². The predicted molar refractivity (Wildman–Crippen MR) is 154 cm³/mol. The number of ether oxygens (including phenoxy) is 2. The maximum atomic E-state index is 6.07. The van der Waals surface area contributed by atoms with Gasteiger partial charge in [-0.3, -0.25) is 4.90 Å². The van der Waals surface area contributed by atoms with Crippen LogP contribution >= 0.6 is 11.6 Å². The molecule has 0 aliphatic carbocycles. The largest absolute Gasteiger partial charge is 0.493 e. The number of nitrogens with one attached hydrogen (secondary N) is 1. The van der Waals surface area contributed by atoms with Crippen molar-refractivity contribution < 1.29 is 13.9 Å². The summed E-state index contributed by atoms with van der Waals surface area (Å²) < 4.78 is 18.2. The van der Waals surface area contributed by atoms with Crippen molar-refractivity contribution >= 4 is 28.9 Å². The average Bonchev–Trinajstić information content (AvgIpc) is 3.69. The molecule has 3 aromatic heterocycles. The minimum absolute atomic E-state index is 0.515. The third kappa shape index (κ3) is 5.41. The molecule has 1 N–H and O–H groups in total. The molecule has 1 fully saturated rings. The summed E-state index contributed by atoms with van der Waals surface area (Å²) >= 11 is 6.07. The van der Waals surface area contributed by atoms with Crippen LogP contribution in [0.3, 0.4) is 0 Å². The van der Waals surface area contributed by atoms with Gasteiger partial charge < -0.3 is 24.1 Å². The van der Waals surface area contributed by atoms with Gasteiger partial charge in [-0.15, -0.1) is 5.10 Å². The standard InChI is InChI=1S/C29H30ClN7O3/c1-38-24-10-5-20(16-26(24)39-2)17-31-29-32-18-21(28-33-27(34-37(28)29)25-4-3-15-40-25)19-35-11-13-36(14-12-35)23-8-6-22(30)7-9-23/h3-10,15-16,18H,11-14,17,19H2,1-2H3,(H,31,32). The SMILES string of the molecule is COc1ccc(CNc2ncc(CN3CCN(c4ccc(Cl)cc4)CC3)c3nc(-c4ccco4)nn23)cc1OC. The summed E-state index contributed by atoms with van der Waals surface area (Å²) in [6.45, 7) is 4.95. The molecule has 1 saturated heterocycles. The molecule has 11 heteroatoms. The van der Waals surface area contributed by atoms with Crippen molar-refractivity contribution in [1.82, 2.24) is 24.5 Å². The van der Waals surface area contributed by atoms with Crippen molar-refractivity contribution in [3.8, 4) is 23.1 Å². The molecule has 2 aromatic carbocycles. The van der Waals surface area contributed by atoms with Gasteiger partial charge in [-0.05, 0) is 54.1 Å². The predicted octanol–water partition coefficient (Wildman–Crippen LogP) is 4.99. The van der Waals surface area contributed by atoms with Crippen molar-refractivity contribution in [3.05, 3.63) is 83.2 Å². The van der Waals surface area contributed by atoms with Gasteiger partial charge >= 0.3 is 0 Å². The van der Waals surface area contributed by atoms with Crippen LogP contribution in [0.1, 0.15) is 11.1 Å². The molecule has 1 aliphatic rings. The van der Waals surface area contributed by atoms with E-state index in [0.29, 0.717) is 35.6 Å². The third-order valence-electron chi connectivity index (χ3n) is 7.04. The fourth-order valence-electron chi connectivity index (χ4n) is 4.89. The van der Waals surface area contributed by atoms with Crippen LogP contribution in [-0.2, 0) is 13.1 Å². The van der Waals surface area contributed by atoms with E-state index in [-0.39, 0.29) is 0 Å². The lowest BCUT2D eigenvalue weighted by atomic mass is 10.2. The lowest BCUT2D eigenvalue weighted by Crippen LogP contribution is -2.46. The number of benzene rings is 2. The Morgan fingerprint density at radius 3 is 2.50 bits per heavy atom. The number of fused-ring (bicyclic) bond motifs is 1. The van der Waals surface area contributed by atoms with Crippen LogP contribution in [0.15, 0.2) is 71.5 Å². The number of hydrogen-bond donors (Lipinski definition) is 1. The molecular formula is C29H30ClN7O3. The average molecular weight is 560 g/mol.